The molecule has 1 N–H and O–H groups in total. The Morgan fingerprint density at radius 2 is 1.87 bits per heavy atom. The quantitative estimate of drug-likeness (QED) is 0.345. The number of aryl methyl sites for hydroxylation is 2. The number of Topliss-reactive ketones (excluding diaryl/α,β-unsaturated/α-hetero) is 1. The van der Waals surface area contributed by atoms with Gasteiger partial charge in [0, 0.05) is 16.3 Å². The molecule has 1 unspecified atom stereocenters. The number of hydrogen-bond donors (Lipinski definition) is 1. The number of aliphatic hydroxyl groups excluding tert-OH is 1. The largest absolute Gasteiger partial charge is 0.507 e. The lowest BCUT2D eigenvalue weighted by Gasteiger charge is -2.23. The fraction of sp³-hybridized carbons (Fsp3) is 0.167. The van der Waals surface area contributed by atoms with Crippen LogP contribution in [0.1, 0.15) is 28.7 Å². The van der Waals surface area contributed by atoms with E-state index >= 15 is 0 Å². The molecule has 0 bridgehead atoms. The van der Waals surface area contributed by atoms with Crippen LogP contribution in [-0.4, -0.2) is 23.9 Å². The molecule has 1 amide bonds. The zero-order valence-electron chi connectivity index (χ0n) is 17.2. The number of amides is 1. The van der Waals surface area contributed by atoms with Gasteiger partial charge in [0.15, 0.2) is 0 Å². The Morgan fingerprint density at radius 1 is 1.10 bits per heavy atom. The van der Waals surface area contributed by atoms with Crippen LogP contribution in [-0.2, 0) is 9.59 Å². The van der Waals surface area contributed by atoms with Crippen molar-refractivity contribution in [3.8, 4) is 5.75 Å². The van der Waals surface area contributed by atoms with Crippen LogP contribution in [0.3, 0.4) is 0 Å². The van der Waals surface area contributed by atoms with E-state index in [2.05, 4.69) is 0 Å². The second-order valence-electron chi connectivity index (χ2n) is 7.28. The van der Waals surface area contributed by atoms with E-state index in [-0.39, 0.29) is 11.3 Å². The normalized spacial score (nSPS) is 17.9. The lowest BCUT2D eigenvalue weighted by molar-refractivity contribution is -0.132. The Labute approximate surface area is 184 Å². The van der Waals surface area contributed by atoms with Crippen molar-refractivity contribution < 1.29 is 23.8 Å². The van der Waals surface area contributed by atoms with Crippen molar-refractivity contribution in [2.24, 2.45) is 0 Å². The molecule has 1 aliphatic heterocycles. The minimum Gasteiger partial charge on any atom is -0.507 e. The Hall–Kier alpha value is -3.51. The van der Waals surface area contributed by atoms with Crippen molar-refractivity contribution in [3.63, 3.8) is 0 Å². The van der Waals surface area contributed by atoms with Crippen LogP contribution in [0.2, 0.25) is 5.02 Å². The standard InChI is InChI=1S/C24H20ClNO5/c1-13-11-15(8-10-18(13)30-3)22(27)20-21(19-9-7-14(2)31-19)26(24(29)23(20)28)17-6-4-5-16(25)12-17/h4-12,21,27H,1-3H3/b22-20-. The summed E-state index contributed by atoms with van der Waals surface area (Å²) >= 11 is 6.13. The van der Waals surface area contributed by atoms with E-state index in [1.54, 1.807) is 68.6 Å². The molecule has 2 heterocycles. The number of furan rings is 1. The third-order valence-corrected chi connectivity index (χ3v) is 5.46. The Kier molecular flexibility index (Phi) is 5.33. The van der Waals surface area contributed by atoms with E-state index in [1.807, 2.05) is 6.92 Å². The minimum absolute atomic E-state index is 0.0520. The van der Waals surface area contributed by atoms with Crippen LogP contribution in [0.25, 0.3) is 5.76 Å². The van der Waals surface area contributed by atoms with Crippen LogP contribution < -0.4 is 9.64 Å². The van der Waals surface area contributed by atoms with Crippen molar-refractivity contribution in [3.05, 3.63) is 87.8 Å². The number of ether oxygens (including phenoxy) is 1. The highest BCUT2D eigenvalue weighted by atomic mass is 35.5. The minimum atomic E-state index is -0.936. The van der Waals surface area contributed by atoms with E-state index in [0.29, 0.717) is 33.5 Å². The number of carbonyl (C=O) groups excluding carboxylic acids is 2. The highest BCUT2D eigenvalue weighted by Gasteiger charge is 2.48. The second-order valence-corrected chi connectivity index (χ2v) is 7.72. The third-order valence-electron chi connectivity index (χ3n) is 5.23. The molecule has 0 aliphatic carbocycles. The Balaban J connectivity index is 1.93. The van der Waals surface area contributed by atoms with Gasteiger partial charge < -0.3 is 14.3 Å². The molecule has 1 fully saturated rings. The number of ketones is 1. The van der Waals surface area contributed by atoms with Gasteiger partial charge in [-0.25, -0.2) is 0 Å². The Bertz CT molecular complexity index is 1230. The first-order valence-corrected chi connectivity index (χ1v) is 9.97. The molecule has 7 heteroatoms. The zero-order valence-corrected chi connectivity index (χ0v) is 17.9. The molecule has 3 aromatic rings. The van der Waals surface area contributed by atoms with E-state index in [4.69, 9.17) is 20.8 Å². The van der Waals surface area contributed by atoms with Crippen LogP contribution in [0.15, 0.2) is 64.6 Å². The van der Waals surface area contributed by atoms with E-state index in [9.17, 15) is 14.7 Å². The molecule has 2 aromatic carbocycles. The monoisotopic (exact) mass is 437 g/mol. The van der Waals surface area contributed by atoms with Crippen LogP contribution in [0.5, 0.6) is 5.75 Å². The molecular weight excluding hydrogens is 418 g/mol. The van der Waals surface area contributed by atoms with Crippen molar-refractivity contribution in [2.45, 2.75) is 19.9 Å². The molecule has 1 saturated heterocycles. The van der Waals surface area contributed by atoms with Crippen LogP contribution in [0, 0.1) is 13.8 Å². The number of carbonyl (C=O) groups is 2. The molecule has 0 radical (unpaired) electrons. The first-order valence-electron chi connectivity index (χ1n) is 9.59. The number of halogens is 1. The van der Waals surface area contributed by atoms with Gasteiger partial charge >= 0.3 is 0 Å². The van der Waals surface area contributed by atoms with Gasteiger partial charge in [-0.3, -0.25) is 14.5 Å². The van der Waals surface area contributed by atoms with Gasteiger partial charge in [-0.2, -0.15) is 0 Å². The summed E-state index contributed by atoms with van der Waals surface area (Å²) in [5.41, 5.74) is 1.55. The first kappa shape index (κ1) is 20.8. The molecule has 158 valence electrons. The fourth-order valence-electron chi connectivity index (χ4n) is 3.78. The summed E-state index contributed by atoms with van der Waals surface area (Å²) in [4.78, 5) is 27.4. The second kappa shape index (κ2) is 7.96. The molecular formula is C24H20ClNO5. The van der Waals surface area contributed by atoms with Gasteiger partial charge in [0.1, 0.15) is 29.1 Å². The van der Waals surface area contributed by atoms with E-state index in [1.165, 1.54) is 4.90 Å². The smallest absolute Gasteiger partial charge is 0.300 e. The van der Waals surface area contributed by atoms with Crippen molar-refractivity contribution in [1.29, 1.82) is 0 Å². The maximum absolute atomic E-state index is 13.1. The number of hydrogen-bond acceptors (Lipinski definition) is 5. The predicted octanol–water partition coefficient (Wildman–Crippen LogP) is 5.18. The first-order chi connectivity index (χ1) is 14.8. The predicted molar refractivity (Wildman–Crippen MR) is 117 cm³/mol. The average molecular weight is 438 g/mol. The van der Waals surface area contributed by atoms with Gasteiger partial charge in [0.2, 0.25) is 0 Å². The number of methoxy groups -OCH3 is 1. The fourth-order valence-corrected chi connectivity index (χ4v) is 3.96. The molecule has 1 aromatic heterocycles. The van der Waals surface area contributed by atoms with Gasteiger partial charge in [-0.1, -0.05) is 17.7 Å². The van der Waals surface area contributed by atoms with E-state index in [0.717, 1.165) is 5.56 Å². The number of benzene rings is 2. The summed E-state index contributed by atoms with van der Waals surface area (Å²) in [6, 6.07) is 14.2. The summed E-state index contributed by atoms with van der Waals surface area (Å²) in [5.74, 6) is -0.227. The molecule has 1 aliphatic rings. The number of rotatable bonds is 4. The SMILES string of the molecule is COc1ccc(/C(O)=C2/C(=O)C(=O)N(c3cccc(Cl)c3)C2c2ccc(C)o2)cc1C. The van der Waals surface area contributed by atoms with Crippen molar-refractivity contribution in [1.82, 2.24) is 0 Å². The topological polar surface area (TPSA) is 80.0 Å². The van der Waals surface area contributed by atoms with Gasteiger partial charge in [-0.05, 0) is 67.9 Å². The number of anilines is 1. The van der Waals surface area contributed by atoms with Gasteiger partial charge in [-0.15, -0.1) is 0 Å². The summed E-state index contributed by atoms with van der Waals surface area (Å²) in [5, 5.41) is 11.5. The van der Waals surface area contributed by atoms with Crippen molar-refractivity contribution >= 4 is 34.7 Å². The van der Waals surface area contributed by atoms with Crippen LogP contribution >= 0.6 is 11.6 Å². The number of aliphatic hydroxyl groups is 1. The van der Waals surface area contributed by atoms with Gasteiger partial charge in [0.25, 0.3) is 11.7 Å². The number of nitrogens with zero attached hydrogens (tertiary/aromatic N) is 1. The molecule has 31 heavy (non-hydrogen) atoms. The highest BCUT2D eigenvalue weighted by molar-refractivity contribution is 6.51. The zero-order chi connectivity index (χ0) is 22.3. The summed E-state index contributed by atoms with van der Waals surface area (Å²) in [7, 11) is 1.55. The Morgan fingerprint density at radius 3 is 2.48 bits per heavy atom. The molecule has 1 atom stereocenters. The average Bonchev–Trinajstić information content (AvgIpc) is 3.28. The molecule has 6 nitrogen and oxygen atoms in total. The summed E-state index contributed by atoms with van der Waals surface area (Å²) < 4.78 is 11.0. The maximum atomic E-state index is 13.1. The molecule has 0 spiro atoms. The highest BCUT2D eigenvalue weighted by Crippen LogP contribution is 2.43. The lowest BCUT2D eigenvalue weighted by Crippen LogP contribution is -2.29. The van der Waals surface area contributed by atoms with Gasteiger partial charge in [0.05, 0.1) is 12.7 Å². The van der Waals surface area contributed by atoms with Crippen molar-refractivity contribution in [2.75, 3.05) is 12.0 Å². The third kappa shape index (κ3) is 3.59. The molecule has 0 saturated carbocycles. The summed E-state index contributed by atoms with van der Waals surface area (Å²) in [6.45, 7) is 3.59. The lowest BCUT2D eigenvalue weighted by atomic mass is 9.98. The summed E-state index contributed by atoms with van der Waals surface area (Å²) in [6.07, 6.45) is 0. The van der Waals surface area contributed by atoms with Crippen LogP contribution in [0.4, 0.5) is 5.69 Å². The van der Waals surface area contributed by atoms with E-state index < -0.39 is 17.7 Å². The maximum Gasteiger partial charge on any atom is 0.300 e. The molecule has 4 rings (SSSR count).